The molecule has 2 aromatic rings. The van der Waals surface area contributed by atoms with Gasteiger partial charge >= 0.3 is 5.97 Å². The highest BCUT2D eigenvalue weighted by atomic mass is 16.4. The van der Waals surface area contributed by atoms with E-state index in [1.807, 2.05) is 24.3 Å². The average Bonchev–Trinajstić information content (AvgIpc) is 2.38. The predicted octanol–water partition coefficient (Wildman–Crippen LogP) is 2.33. The molecule has 1 N–H and O–H groups in total. The van der Waals surface area contributed by atoms with E-state index < -0.39 is 5.97 Å². The molecule has 0 radical (unpaired) electrons. The van der Waals surface area contributed by atoms with E-state index >= 15 is 0 Å². The quantitative estimate of drug-likeness (QED) is 0.893. The van der Waals surface area contributed by atoms with Gasteiger partial charge in [0.2, 0.25) is 0 Å². The van der Waals surface area contributed by atoms with Gasteiger partial charge < -0.3 is 5.11 Å². The van der Waals surface area contributed by atoms with Gasteiger partial charge in [0.15, 0.2) is 0 Å². The Morgan fingerprint density at radius 3 is 2.56 bits per heavy atom. The predicted molar refractivity (Wildman–Crippen MR) is 68.2 cm³/mol. The fourth-order valence-electron chi connectivity index (χ4n) is 1.72. The number of aryl methyl sites for hydroxylation is 1. The summed E-state index contributed by atoms with van der Waals surface area (Å²) in [6.07, 6.45) is 2.32. The monoisotopic (exact) mass is 242 g/mol. The molecule has 0 saturated carbocycles. The molecular weight excluding hydrogens is 228 g/mol. The molecule has 0 aliphatic carbocycles. The number of rotatable bonds is 4. The van der Waals surface area contributed by atoms with E-state index in [0.29, 0.717) is 5.69 Å². The first-order valence-electron chi connectivity index (χ1n) is 5.81. The molecule has 0 saturated heterocycles. The van der Waals surface area contributed by atoms with Crippen LogP contribution < -0.4 is 0 Å². The number of hydrogen-bond donors (Lipinski definition) is 1. The first-order chi connectivity index (χ1) is 8.69. The molecule has 0 unspecified atom stereocenters. The van der Waals surface area contributed by atoms with Crippen molar-refractivity contribution in [3.8, 4) is 11.3 Å². The van der Waals surface area contributed by atoms with E-state index in [1.165, 1.54) is 11.9 Å². The summed E-state index contributed by atoms with van der Waals surface area (Å²) < 4.78 is 0. The second-order valence-corrected chi connectivity index (χ2v) is 4.02. The molecule has 4 heteroatoms. The van der Waals surface area contributed by atoms with Crippen LogP contribution in [0.1, 0.15) is 18.2 Å². The van der Waals surface area contributed by atoms with Crippen LogP contribution in [0.25, 0.3) is 11.3 Å². The molecule has 0 fully saturated rings. The zero-order chi connectivity index (χ0) is 13.0. The van der Waals surface area contributed by atoms with Gasteiger partial charge in [-0.2, -0.15) is 0 Å². The van der Waals surface area contributed by atoms with Crippen LogP contribution in [0.2, 0.25) is 0 Å². The van der Waals surface area contributed by atoms with Gasteiger partial charge in [-0.3, -0.25) is 4.79 Å². The smallest absolute Gasteiger partial charge is 0.309 e. The van der Waals surface area contributed by atoms with Crippen molar-refractivity contribution in [2.75, 3.05) is 0 Å². The van der Waals surface area contributed by atoms with Crippen molar-refractivity contribution >= 4 is 5.97 Å². The lowest BCUT2D eigenvalue weighted by Crippen LogP contribution is -2.03. The largest absolute Gasteiger partial charge is 0.481 e. The molecule has 2 rings (SSSR count). The first-order valence-corrected chi connectivity index (χ1v) is 5.81. The summed E-state index contributed by atoms with van der Waals surface area (Å²) in [7, 11) is 0. The third kappa shape index (κ3) is 2.91. The number of hydrogen-bond acceptors (Lipinski definition) is 3. The molecule has 0 spiro atoms. The van der Waals surface area contributed by atoms with E-state index in [2.05, 4.69) is 16.9 Å². The number of carboxylic acid groups (broad SMARTS) is 1. The number of aromatic nitrogens is 2. The highest BCUT2D eigenvalue weighted by Gasteiger charge is 2.05. The molecule has 18 heavy (non-hydrogen) atoms. The summed E-state index contributed by atoms with van der Waals surface area (Å²) in [5.41, 5.74) is 3.51. The van der Waals surface area contributed by atoms with Gasteiger partial charge in [-0.25, -0.2) is 9.97 Å². The van der Waals surface area contributed by atoms with Crippen LogP contribution in [0.5, 0.6) is 0 Å². The van der Waals surface area contributed by atoms with E-state index in [9.17, 15) is 4.79 Å². The third-order valence-corrected chi connectivity index (χ3v) is 2.71. The molecule has 1 heterocycles. The average molecular weight is 242 g/mol. The molecule has 0 amide bonds. The Bertz CT molecular complexity index is 550. The maximum absolute atomic E-state index is 10.6. The first kappa shape index (κ1) is 12.2. The maximum Gasteiger partial charge on any atom is 0.309 e. The molecule has 1 aromatic carbocycles. The van der Waals surface area contributed by atoms with Crippen LogP contribution in [0, 0.1) is 0 Å². The Morgan fingerprint density at radius 1 is 1.22 bits per heavy atom. The Morgan fingerprint density at radius 2 is 1.94 bits per heavy atom. The summed E-state index contributed by atoms with van der Waals surface area (Å²) in [5, 5.41) is 8.74. The van der Waals surface area contributed by atoms with Gasteiger partial charge in [0.25, 0.3) is 0 Å². The maximum atomic E-state index is 10.6. The molecular formula is C14H14N2O2. The second-order valence-electron chi connectivity index (χ2n) is 4.02. The Labute approximate surface area is 105 Å². The topological polar surface area (TPSA) is 63.1 Å². The van der Waals surface area contributed by atoms with E-state index in [-0.39, 0.29) is 6.42 Å². The van der Waals surface area contributed by atoms with Gasteiger partial charge in [0, 0.05) is 5.56 Å². The number of aliphatic carboxylic acids is 1. The summed E-state index contributed by atoms with van der Waals surface area (Å²) >= 11 is 0. The number of benzene rings is 1. The fourth-order valence-corrected chi connectivity index (χ4v) is 1.72. The van der Waals surface area contributed by atoms with Crippen molar-refractivity contribution in [3.63, 3.8) is 0 Å². The summed E-state index contributed by atoms with van der Waals surface area (Å²) in [6.45, 7) is 2.10. The van der Waals surface area contributed by atoms with Crippen molar-refractivity contribution in [2.45, 2.75) is 19.8 Å². The lowest BCUT2D eigenvalue weighted by atomic mass is 10.1. The molecule has 1 aromatic heterocycles. The van der Waals surface area contributed by atoms with Gasteiger partial charge in [-0.05, 0) is 18.1 Å². The Balaban J connectivity index is 2.29. The molecule has 0 bridgehead atoms. The summed E-state index contributed by atoms with van der Waals surface area (Å²) in [4.78, 5) is 18.8. The lowest BCUT2D eigenvalue weighted by Gasteiger charge is -2.03. The van der Waals surface area contributed by atoms with E-state index in [0.717, 1.165) is 17.7 Å². The number of nitrogens with zero attached hydrogens (tertiary/aromatic N) is 2. The van der Waals surface area contributed by atoms with Crippen LogP contribution in [0.4, 0.5) is 0 Å². The van der Waals surface area contributed by atoms with Gasteiger partial charge in [0.05, 0.1) is 17.8 Å². The van der Waals surface area contributed by atoms with Crippen molar-refractivity contribution in [1.82, 2.24) is 9.97 Å². The van der Waals surface area contributed by atoms with E-state index in [1.54, 1.807) is 6.07 Å². The van der Waals surface area contributed by atoms with Gasteiger partial charge in [0.1, 0.15) is 6.33 Å². The Hall–Kier alpha value is -2.23. The minimum Gasteiger partial charge on any atom is -0.481 e. The number of carboxylic acids is 1. The lowest BCUT2D eigenvalue weighted by molar-refractivity contribution is -0.136. The molecule has 0 aliphatic rings. The summed E-state index contributed by atoms with van der Waals surface area (Å²) in [6, 6.07) is 9.80. The second kappa shape index (κ2) is 5.40. The standard InChI is InChI=1S/C14H14N2O2/c1-2-10-3-5-11(6-4-10)13-7-12(8-14(17)18)15-9-16-13/h3-7,9H,2,8H2,1H3,(H,17,18). The molecule has 92 valence electrons. The minimum atomic E-state index is -0.888. The SMILES string of the molecule is CCc1ccc(-c2cc(CC(=O)O)ncn2)cc1. The fraction of sp³-hybridized carbons (Fsp3) is 0.214. The van der Waals surface area contributed by atoms with Crippen molar-refractivity contribution in [2.24, 2.45) is 0 Å². The minimum absolute atomic E-state index is 0.0808. The summed E-state index contributed by atoms with van der Waals surface area (Å²) in [5.74, 6) is -0.888. The van der Waals surface area contributed by atoms with Crippen LogP contribution >= 0.6 is 0 Å². The van der Waals surface area contributed by atoms with Gasteiger partial charge in [-0.1, -0.05) is 31.2 Å². The van der Waals surface area contributed by atoms with Crippen LogP contribution in [-0.2, 0) is 17.6 Å². The van der Waals surface area contributed by atoms with Crippen molar-refractivity contribution < 1.29 is 9.90 Å². The number of carbonyl (C=O) groups is 1. The molecule has 0 aliphatic heterocycles. The zero-order valence-corrected chi connectivity index (χ0v) is 10.1. The molecule has 0 atom stereocenters. The third-order valence-electron chi connectivity index (χ3n) is 2.71. The van der Waals surface area contributed by atoms with Crippen LogP contribution in [0.3, 0.4) is 0 Å². The Kier molecular flexibility index (Phi) is 3.67. The highest BCUT2D eigenvalue weighted by molar-refractivity contribution is 5.70. The van der Waals surface area contributed by atoms with Crippen molar-refractivity contribution in [1.29, 1.82) is 0 Å². The van der Waals surface area contributed by atoms with E-state index in [4.69, 9.17) is 5.11 Å². The van der Waals surface area contributed by atoms with Crippen LogP contribution in [0.15, 0.2) is 36.7 Å². The normalized spacial score (nSPS) is 10.3. The highest BCUT2D eigenvalue weighted by Crippen LogP contribution is 2.18. The van der Waals surface area contributed by atoms with Gasteiger partial charge in [-0.15, -0.1) is 0 Å². The van der Waals surface area contributed by atoms with Crippen molar-refractivity contribution in [3.05, 3.63) is 47.9 Å². The van der Waals surface area contributed by atoms with Crippen LogP contribution in [-0.4, -0.2) is 21.0 Å². The molecule has 4 nitrogen and oxygen atoms in total. The zero-order valence-electron chi connectivity index (χ0n) is 10.1.